The maximum Gasteiger partial charge on any atom is 0.116 e. The van der Waals surface area contributed by atoms with Gasteiger partial charge in [0, 0.05) is 0 Å². The first-order valence-electron chi connectivity index (χ1n) is 12.8. The molecule has 2 heteroatoms. The topological polar surface area (TPSA) is 26.3 Å². The molecular formula is C30H42O2. The van der Waals surface area contributed by atoms with Crippen LogP contribution in [0.1, 0.15) is 95.5 Å². The molecule has 32 heavy (non-hydrogen) atoms. The lowest BCUT2D eigenvalue weighted by atomic mass is 9.76. The van der Waals surface area contributed by atoms with Crippen LogP contribution in [0.25, 0.3) is 0 Å². The van der Waals surface area contributed by atoms with E-state index in [-0.39, 0.29) is 12.2 Å². The number of hydrogen-bond donors (Lipinski definition) is 0. The van der Waals surface area contributed by atoms with Crippen molar-refractivity contribution in [3.8, 4) is 0 Å². The molecule has 0 amide bonds. The van der Waals surface area contributed by atoms with E-state index in [1.165, 1.54) is 69.4 Å². The van der Waals surface area contributed by atoms with Gasteiger partial charge in [0.2, 0.25) is 0 Å². The maximum atomic E-state index is 8.81. The molecule has 2 aliphatic carbocycles. The zero-order valence-electron chi connectivity index (χ0n) is 20.3. The summed E-state index contributed by atoms with van der Waals surface area (Å²) in [6.07, 6.45) is 11.8. The largest absolute Gasteiger partial charge is 0.365 e. The lowest BCUT2D eigenvalue weighted by Crippen LogP contribution is -2.28. The van der Waals surface area contributed by atoms with Crippen molar-refractivity contribution in [2.45, 2.75) is 84.3 Å². The van der Waals surface area contributed by atoms with Gasteiger partial charge in [-0.25, -0.2) is 0 Å². The van der Waals surface area contributed by atoms with Crippen molar-refractivity contribution in [1.82, 2.24) is 0 Å². The third kappa shape index (κ3) is 7.04. The summed E-state index contributed by atoms with van der Waals surface area (Å²) < 4.78 is 7.20. The Hall–Kier alpha value is -1.93. The van der Waals surface area contributed by atoms with Crippen LogP contribution in [0.3, 0.4) is 0 Å². The second-order valence-corrected chi connectivity index (χ2v) is 10.1. The van der Waals surface area contributed by atoms with E-state index < -0.39 is 0 Å². The Balaban J connectivity index is 0.000000913. The van der Waals surface area contributed by atoms with Crippen LogP contribution in [0.4, 0.5) is 0 Å². The van der Waals surface area contributed by atoms with Gasteiger partial charge in [-0.1, -0.05) is 100 Å². The molecule has 4 rings (SSSR count). The first kappa shape index (κ1) is 24.7. The molecule has 0 bridgehead atoms. The Labute approximate surface area is 195 Å². The molecule has 0 N–H and O–H groups in total. The van der Waals surface area contributed by atoms with Crippen molar-refractivity contribution in [2.75, 3.05) is 0 Å². The van der Waals surface area contributed by atoms with Crippen LogP contribution < -0.4 is 0 Å². The molecule has 6 unspecified atom stereocenters. The van der Waals surface area contributed by atoms with Crippen LogP contribution in [-0.4, -0.2) is 6.29 Å². The van der Waals surface area contributed by atoms with Crippen molar-refractivity contribution >= 4 is 6.29 Å². The first-order chi connectivity index (χ1) is 15.6. The number of ether oxygens (including phenoxy) is 1. The van der Waals surface area contributed by atoms with E-state index in [0.717, 1.165) is 18.1 Å². The van der Waals surface area contributed by atoms with Crippen molar-refractivity contribution in [1.29, 1.82) is 0 Å². The molecule has 2 fully saturated rings. The summed E-state index contributed by atoms with van der Waals surface area (Å²) in [6, 6.07) is 22.1. The molecule has 174 valence electrons. The highest BCUT2D eigenvalue weighted by molar-refractivity contribution is 5.44. The molecule has 0 heterocycles. The van der Waals surface area contributed by atoms with Gasteiger partial charge in [-0.3, -0.25) is 0 Å². The van der Waals surface area contributed by atoms with Crippen molar-refractivity contribution in [2.24, 2.45) is 23.7 Å². The van der Waals surface area contributed by atoms with Gasteiger partial charge in [0.25, 0.3) is 0 Å². The summed E-state index contributed by atoms with van der Waals surface area (Å²) >= 11 is 0. The van der Waals surface area contributed by atoms with Crippen LogP contribution in [0, 0.1) is 23.7 Å². The van der Waals surface area contributed by atoms with Gasteiger partial charge in [-0.05, 0) is 67.4 Å². The molecule has 2 aromatic rings. The number of benzene rings is 2. The van der Waals surface area contributed by atoms with Gasteiger partial charge < -0.3 is 9.53 Å². The smallest absolute Gasteiger partial charge is 0.116 e. The Bertz CT molecular complexity index is 708. The zero-order chi connectivity index (χ0) is 22.8. The highest BCUT2D eigenvalue weighted by atomic mass is 16.5. The zero-order valence-corrected chi connectivity index (χ0v) is 20.3. The normalized spacial score (nSPS) is 27.5. The van der Waals surface area contributed by atoms with Crippen LogP contribution in [-0.2, 0) is 9.53 Å². The summed E-state index contributed by atoms with van der Waals surface area (Å²) in [7, 11) is 0. The summed E-state index contributed by atoms with van der Waals surface area (Å²) in [4.78, 5) is 8.81. The number of rotatable bonds is 6. The molecule has 6 atom stereocenters. The van der Waals surface area contributed by atoms with Gasteiger partial charge in [0.15, 0.2) is 0 Å². The average Bonchev–Trinajstić information content (AvgIpc) is 2.81. The van der Waals surface area contributed by atoms with Crippen LogP contribution in [0.15, 0.2) is 60.7 Å². The highest BCUT2D eigenvalue weighted by Crippen LogP contribution is 2.46. The molecule has 0 aliphatic heterocycles. The van der Waals surface area contributed by atoms with Crippen LogP contribution in [0.5, 0.6) is 0 Å². The molecular weight excluding hydrogens is 392 g/mol. The minimum atomic E-state index is 0.210. The Morgan fingerprint density at radius 2 is 1.09 bits per heavy atom. The number of aldehydes is 1. The summed E-state index contributed by atoms with van der Waals surface area (Å²) in [6.45, 7) is 6.29. The molecule has 2 aliphatic rings. The molecule has 0 aromatic heterocycles. The van der Waals surface area contributed by atoms with Gasteiger partial charge in [0.05, 0.1) is 12.2 Å². The number of hydrogen-bond acceptors (Lipinski definition) is 2. The van der Waals surface area contributed by atoms with E-state index in [4.69, 9.17) is 9.53 Å². The second-order valence-electron chi connectivity index (χ2n) is 10.1. The molecule has 0 saturated heterocycles. The van der Waals surface area contributed by atoms with Crippen molar-refractivity contribution in [3.05, 3.63) is 71.8 Å². The van der Waals surface area contributed by atoms with Gasteiger partial charge in [-0.2, -0.15) is 0 Å². The van der Waals surface area contributed by atoms with Gasteiger partial charge >= 0.3 is 0 Å². The van der Waals surface area contributed by atoms with Crippen LogP contribution >= 0.6 is 0 Å². The Morgan fingerprint density at radius 3 is 1.44 bits per heavy atom. The predicted octanol–water partition coefficient (Wildman–Crippen LogP) is 8.34. The second kappa shape index (κ2) is 12.9. The fourth-order valence-electron chi connectivity index (χ4n) is 5.88. The SMILES string of the molecule is CC1CCCC(C(OC(c2ccccc2)C2CCCC(C)C2)c2ccccc2)C1.CC=O. The Morgan fingerprint density at radius 1 is 0.719 bits per heavy atom. The summed E-state index contributed by atoms with van der Waals surface area (Å²) in [5.74, 6) is 2.89. The number of carbonyl (C=O) groups is 1. The quantitative estimate of drug-likeness (QED) is 0.427. The fourth-order valence-corrected chi connectivity index (χ4v) is 5.88. The monoisotopic (exact) mass is 434 g/mol. The minimum absolute atomic E-state index is 0.210. The average molecular weight is 435 g/mol. The van der Waals surface area contributed by atoms with E-state index in [1.807, 2.05) is 0 Å². The van der Waals surface area contributed by atoms with E-state index in [0.29, 0.717) is 11.8 Å². The van der Waals surface area contributed by atoms with E-state index in [1.54, 1.807) is 0 Å². The molecule has 2 nitrogen and oxygen atoms in total. The van der Waals surface area contributed by atoms with E-state index in [9.17, 15) is 0 Å². The Kier molecular flexibility index (Phi) is 9.99. The third-order valence-electron chi connectivity index (χ3n) is 7.36. The van der Waals surface area contributed by atoms with Crippen LogP contribution in [0.2, 0.25) is 0 Å². The highest BCUT2D eigenvalue weighted by Gasteiger charge is 2.35. The lowest BCUT2D eigenvalue weighted by molar-refractivity contribution is -0.106. The maximum absolute atomic E-state index is 8.81. The predicted molar refractivity (Wildman–Crippen MR) is 133 cm³/mol. The van der Waals surface area contributed by atoms with Gasteiger partial charge in [-0.15, -0.1) is 0 Å². The van der Waals surface area contributed by atoms with E-state index >= 15 is 0 Å². The molecule has 2 aromatic carbocycles. The molecule has 0 radical (unpaired) electrons. The number of carbonyl (C=O) groups excluding carboxylic acids is 1. The third-order valence-corrected chi connectivity index (χ3v) is 7.36. The minimum Gasteiger partial charge on any atom is -0.365 e. The standard InChI is InChI=1S/C28H38O.C2H4O/c1-21-11-9-17-25(19-21)27(23-13-5-3-6-14-23)29-28(24-15-7-4-8-16-24)26-18-10-12-22(2)20-26;1-2-3/h3-8,13-16,21-22,25-28H,9-12,17-20H2,1-2H3;2H,1H3. The van der Waals surface area contributed by atoms with Crippen molar-refractivity contribution < 1.29 is 9.53 Å². The van der Waals surface area contributed by atoms with Crippen molar-refractivity contribution in [3.63, 3.8) is 0 Å². The summed E-state index contributed by atoms with van der Waals surface area (Å²) in [5.41, 5.74) is 2.74. The molecule has 2 saturated carbocycles. The first-order valence-corrected chi connectivity index (χ1v) is 12.8. The van der Waals surface area contributed by atoms with Gasteiger partial charge in [0.1, 0.15) is 6.29 Å². The van der Waals surface area contributed by atoms with E-state index in [2.05, 4.69) is 74.5 Å². The lowest BCUT2D eigenvalue weighted by Gasteiger charge is -2.40. The molecule has 0 spiro atoms. The summed E-state index contributed by atoms with van der Waals surface area (Å²) in [5, 5.41) is 0. The fraction of sp³-hybridized carbons (Fsp3) is 0.567.